The molecule has 1 aromatic carbocycles. The van der Waals surface area contributed by atoms with Gasteiger partial charge >= 0.3 is 0 Å². The van der Waals surface area contributed by atoms with Crippen molar-refractivity contribution >= 4 is 11.7 Å². The number of ketones is 1. The Morgan fingerprint density at radius 1 is 1.04 bits per heavy atom. The molecule has 1 aliphatic heterocycles. The van der Waals surface area contributed by atoms with Crippen LogP contribution in [0.15, 0.2) is 18.2 Å². The Morgan fingerprint density at radius 3 is 2.35 bits per heavy atom. The second-order valence-corrected chi connectivity index (χ2v) is 8.56. The fraction of sp³-hybridized carbons (Fsp3) is 0.636. The molecule has 2 unspecified atom stereocenters. The summed E-state index contributed by atoms with van der Waals surface area (Å²) in [6.07, 6.45) is 7.37. The molecule has 0 aromatic heterocycles. The van der Waals surface area contributed by atoms with Crippen molar-refractivity contribution in [2.45, 2.75) is 57.9 Å². The van der Waals surface area contributed by atoms with Crippen molar-refractivity contribution in [3.63, 3.8) is 0 Å². The number of hydrogen-bond acceptors (Lipinski definition) is 3. The highest BCUT2D eigenvalue weighted by Gasteiger charge is 2.41. The Bertz CT molecular complexity index is 700. The molecule has 0 radical (unpaired) electrons. The molecule has 3 aliphatic rings. The minimum Gasteiger partial charge on any atom is -0.342 e. The van der Waals surface area contributed by atoms with Crippen molar-refractivity contribution in [2.24, 2.45) is 23.5 Å². The number of rotatable bonds is 2. The van der Waals surface area contributed by atoms with Crippen molar-refractivity contribution in [2.75, 3.05) is 13.1 Å². The molecule has 2 atom stereocenters. The van der Waals surface area contributed by atoms with E-state index >= 15 is 0 Å². The van der Waals surface area contributed by atoms with Gasteiger partial charge in [-0.25, -0.2) is 0 Å². The SMILES string of the molecule is CC(=O)c1ccc2c(c1)CCN(C(=O)C1CC3CCCC(C1)C3N)CC2. The third kappa shape index (κ3) is 3.32. The fourth-order valence-electron chi connectivity index (χ4n) is 5.41. The summed E-state index contributed by atoms with van der Waals surface area (Å²) in [5.74, 6) is 1.69. The van der Waals surface area contributed by atoms with Crippen LogP contribution >= 0.6 is 0 Å². The Hall–Kier alpha value is -1.68. The van der Waals surface area contributed by atoms with Gasteiger partial charge in [-0.05, 0) is 74.5 Å². The van der Waals surface area contributed by atoms with Gasteiger partial charge < -0.3 is 10.6 Å². The highest BCUT2D eigenvalue weighted by molar-refractivity contribution is 5.94. The van der Waals surface area contributed by atoms with Crippen LogP contribution in [0.4, 0.5) is 0 Å². The van der Waals surface area contributed by atoms with E-state index in [0.29, 0.717) is 23.8 Å². The lowest BCUT2D eigenvalue weighted by Gasteiger charge is -2.44. The molecule has 0 spiro atoms. The molecule has 1 heterocycles. The van der Waals surface area contributed by atoms with Crippen LogP contribution in [0.25, 0.3) is 0 Å². The molecule has 4 nitrogen and oxygen atoms in total. The normalized spacial score (nSPS) is 31.1. The lowest BCUT2D eigenvalue weighted by Crippen LogP contribution is -2.50. The van der Waals surface area contributed by atoms with E-state index in [1.807, 2.05) is 12.1 Å². The third-order valence-electron chi connectivity index (χ3n) is 6.99. The standard InChI is InChI=1S/C22H30N2O2/c1-14(25)16-6-5-15-7-9-24(10-8-17(15)11-16)22(26)20-12-18-3-2-4-19(13-20)21(18)23/h5-6,11,18-21H,2-4,7-10,12-13,23H2,1H3. The lowest BCUT2D eigenvalue weighted by atomic mass is 9.65. The van der Waals surface area contributed by atoms with Gasteiger partial charge in [-0.2, -0.15) is 0 Å². The van der Waals surface area contributed by atoms with Gasteiger partial charge in [-0.15, -0.1) is 0 Å². The van der Waals surface area contributed by atoms with E-state index in [2.05, 4.69) is 11.0 Å². The Labute approximate surface area is 156 Å². The summed E-state index contributed by atoms with van der Waals surface area (Å²) in [4.78, 5) is 26.9. The molecule has 0 saturated heterocycles. The van der Waals surface area contributed by atoms with E-state index in [4.69, 9.17) is 5.73 Å². The summed E-state index contributed by atoms with van der Waals surface area (Å²) in [5.41, 5.74) is 9.69. The summed E-state index contributed by atoms with van der Waals surface area (Å²) in [6, 6.07) is 6.33. The molecule has 2 bridgehead atoms. The first-order valence-corrected chi connectivity index (χ1v) is 10.2. The predicted octanol–water partition coefficient (Wildman–Crippen LogP) is 2.97. The van der Waals surface area contributed by atoms with Gasteiger partial charge in [0, 0.05) is 30.6 Å². The Morgan fingerprint density at radius 2 is 1.69 bits per heavy atom. The first-order chi connectivity index (χ1) is 12.5. The number of Topliss-reactive ketones (excluding diaryl/α,β-unsaturated/α-hetero) is 1. The molecule has 26 heavy (non-hydrogen) atoms. The molecule has 4 heteroatoms. The minimum absolute atomic E-state index is 0.107. The molecule has 2 N–H and O–H groups in total. The zero-order valence-electron chi connectivity index (χ0n) is 15.7. The largest absolute Gasteiger partial charge is 0.342 e. The van der Waals surface area contributed by atoms with Crippen LogP contribution in [0, 0.1) is 17.8 Å². The van der Waals surface area contributed by atoms with E-state index in [1.54, 1.807) is 6.92 Å². The number of nitrogens with zero attached hydrogens (tertiary/aromatic N) is 1. The van der Waals surface area contributed by atoms with Crippen molar-refractivity contribution in [1.82, 2.24) is 4.90 Å². The Balaban J connectivity index is 1.44. The topological polar surface area (TPSA) is 63.4 Å². The molecule has 1 aromatic rings. The summed E-state index contributed by atoms with van der Waals surface area (Å²) < 4.78 is 0. The zero-order chi connectivity index (χ0) is 18.3. The van der Waals surface area contributed by atoms with Gasteiger partial charge in [0.25, 0.3) is 0 Å². The van der Waals surface area contributed by atoms with Crippen LogP contribution in [0.1, 0.15) is 60.5 Å². The average molecular weight is 354 g/mol. The number of carbonyl (C=O) groups excluding carboxylic acids is 2. The summed E-state index contributed by atoms with van der Waals surface area (Å²) >= 11 is 0. The summed E-state index contributed by atoms with van der Waals surface area (Å²) in [6.45, 7) is 3.17. The highest BCUT2D eigenvalue weighted by atomic mass is 16.2. The minimum atomic E-state index is 0.107. The molecular weight excluding hydrogens is 324 g/mol. The molecule has 1 amide bonds. The number of nitrogens with two attached hydrogens (primary N) is 1. The van der Waals surface area contributed by atoms with Crippen LogP contribution in [0.2, 0.25) is 0 Å². The molecule has 2 aliphatic carbocycles. The maximum absolute atomic E-state index is 13.2. The van der Waals surface area contributed by atoms with E-state index < -0.39 is 0 Å². The first kappa shape index (κ1) is 17.7. The quantitative estimate of drug-likeness (QED) is 0.831. The third-order valence-corrected chi connectivity index (χ3v) is 6.99. The maximum atomic E-state index is 13.2. The molecular formula is C22H30N2O2. The van der Waals surface area contributed by atoms with Crippen LogP contribution in [-0.2, 0) is 17.6 Å². The van der Waals surface area contributed by atoms with Gasteiger partial charge in [0.05, 0.1) is 0 Å². The van der Waals surface area contributed by atoms with E-state index in [0.717, 1.165) is 44.3 Å². The van der Waals surface area contributed by atoms with Crippen molar-refractivity contribution in [1.29, 1.82) is 0 Å². The van der Waals surface area contributed by atoms with E-state index in [-0.39, 0.29) is 11.7 Å². The van der Waals surface area contributed by atoms with Gasteiger partial charge in [0.15, 0.2) is 5.78 Å². The van der Waals surface area contributed by atoms with Crippen molar-refractivity contribution in [3.8, 4) is 0 Å². The second-order valence-electron chi connectivity index (χ2n) is 8.56. The zero-order valence-corrected chi connectivity index (χ0v) is 15.7. The van der Waals surface area contributed by atoms with E-state index in [9.17, 15) is 9.59 Å². The predicted molar refractivity (Wildman–Crippen MR) is 102 cm³/mol. The van der Waals surface area contributed by atoms with Gasteiger partial charge in [0.1, 0.15) is 0 Å². The average Bonchev–Trinajstić information content (AvgIpc) is 2.83. The number of fused-ring (bicyclic) bond motifs is 3. The van der Waals surface area contributed by atoms with Crippen molar-refractivity contribution < 1.29 is 9.59 Å². The van der Waals surface area contributed by atoms with Gasteiger partial charge in [-0.3, -0.25) is 9.59 Å². The first-order valence-electron chi connectivity index (χ1n) is 10.2. The van der Waals surface area contributed by atoms with Crippen LogP contribution in [0.5, 0.6) is 0 Å². The molecule has 2 saturated carbocycles. The highest BCUT2D eigenvalue weighted by Crippen LogP contribution is 2.42. The second kappa shape index (κ2) is 7.15. The van der Waals surface area contributed by atoms with Crippen LogP contribution in [-0.4, -0.2) is 35.7 Å². The van der Waals surface area contributed by atoms with Gasteiger partial charge in [-0.1, -0.05) is 18.6 Å². The van der Waals surface area contributed by atoms with Crippen LogP contribution < -0.4 is 5.73 Å². The van der Waals surface area contributed by atoms with Gasteiger partial charge in [0.2, 0.25) is 5.91 Å². The van der Waals surface area contributed by atoms with Crippen molar-refractivity contribution in [3.05, 3.63) is 34.9 Å². The summed E-state index contributed by atoms with van der Waals surface area (Å²) in [5, 5.41) is 0. The smallest absolute Gasteiger partial charge is 0.225 e. The van der Waals surface area contributed by atoms with E-state index in [1.165, 1.54) is 30.4 Å². The number of benzene rings is 1. The van der Waals surface area contributed by atoms with Crippen LogP contribution in [0.3, 0.4) is 0 Å². The monoisotopic (exact) mass is 354 g/mol. The molecule has 140 valence electrons. The number of hydrogen-bond donors (Lipinski definition) is 1. The maximum Gasteiger partial charge on any atom is 0.225 e. The lowest BCUT2D eigenvalue weighted by molar-refractivity contribution is -0.138. The summed E-state index contributed by atoms with van der Waals surface area (Å²) in [7, 11) is 0. The Kier molecular flexibility index (Phi) is 4.87. The fourth-order valence-corrected chi connectivity index (χ4v) is 5.41. The number of amides is 1. The molecule has 4 rings (SSSR count). The number of carbonyl (C=O) groups is 2. The molecule has 2 fully saturated rings.